The number of amides is 1. The number of nitrogens with one attached hydrogen (secondary N) is 3. The first-order valence-electron chi connectivity index (χ1n) is 9.37. The smallest absolute Gasteiger partial charge is 0.261 e. The molecular formula is C22H19N5O3S. The number of H-pyrrole nitrogens is 1. The van der Waals surface area contributed by atoms with Crippen LogP contribution in [0.3, 0.4) is 0 Å². The Labute approximate surface area is 179 Å². The van der Waals surface area contributed by atoms with Crippen LogP contribution in [0.25, 0.3) is 22.4 Å². The molecule has 0 unspecified atom stereocenters. The quantitative estimate of drug-likeness (QED) is 0.426. The van der Waals surface area contributed by atoms with E-state index in [0.29, 0.717) is 11.4 Å². The number of aromatic amines is 1. The lowest BCUT2D eigenvalue weighted by Crippen LogP contribution is -2.13. The predicted molar refractivity (Wildman–Crippen MR) is 119 cm³/mol. The molecule has 4 rings (SSSR count). The van der Waals surface area contributed by atoms with Gasteiger partial charge in [-0.05, 0) is 54.1 Å². The number of benzene rings is 2. The number of rotatable bonds is 6. The molecule has 2 aromatic heterocycles. The first kappa shape index (κ1) is 20.3. The lowest BCUT2D eigenvalue weighted by Gasteiger charge is -2.11. The molecule has 9 heteroatoms. The van der Waals surface area contributed by atoms with E-state index in [-0.39, 0.29) is 10.8 Å². The summed E-state index contributed by atoms with van der Waals surface area (Å²) in [5.74, 6) is -0.226. The molecule has 156 valence electrons. The fourth-order valence-electron chi connectivity index (χ4n) is 3.13. The molecule has 0 aliphatic heterocycles. The Morgan fingerprint density at radius 1 is 0.935 bits per heavy atom. The van der Waals surface area contributed by atoms with Crippen LogP contribution in [0.15, 0.2) is 84.1 Å². The number of hydrogen-bond donors (Lipinski definition) is 3. The largest absolute Gasteiger partial charge is 0.326 e. The van der Waals surface area contributed by atoms with Crippen molar-refractivity contribution in [1.29, 1.82) is 0 Å². The zero-order valence-corrected chi connectivity index (χ0v) is 17.3. The molecule has 0 atom stereocenters. The number of sulfonamides is 1. The molecule has 0 radical (unpaired) electrons. The molecule has 0 bridgehead atoms. The van der Waals surface area contributed by atoms with Gasteiger partial charge in [0.05, 0.1) is 16.8 Å². The Morgan fingerprint density at radius 3 is 2.39 bits per heavy atom. The minimum absolute atomic E-state index is 0.0889. The normalized spacial score (nSPS) is 11.1. The minimum atomic E-state index is -3.80. The van der Waals surface area contributed by atoms with Gasteiger partial charge in [0, 0.05) is 41.8 Å². The lowest BCUT2D eigenvalue weighted by molar-refractivity contribution is -0.114. The van der Waals surface area contributed by atoms with E-state index in [0.717, 1.165) is 22.4 Å². The summed E-state index contributed by atoms with van der Waals surface area (Å²) in [6.07, 6.45) is 5.12. The summed E-state index contributed by atoms with van der Waals surface area (Å²) in [6, 6.07) is 16.8. The fraction of sp³-hybridized carbons (Fsp3) is 0.0455. The van der Waals surface area contributed by atoms with Crippen molar-refractivity contribution in [3.63, 3.8) is 0 Å². The van der Waals surface area contributed by atoms with E-state index in [1.165, 1.54) is 31.2 Å². The van der Waals surface area contributed by atoms with E-state index in [4.69, 9.17) is 0 Å². The van der Waals surface area contributed by atoms with Crippen LogP contribution in [-0.2, 0) is 14.8 Å². The second kappa shape index (κ2) is 8.41. The minimum Gasteiger partial charge on any atom is -0.326 e. The highest BCUT2D eigenvalue weighted by Gasteiger charge is 2.16. The number of hydrogen-bond acceptors (Lipinski definition) is 5. The van der Waals surface area contributed by atoms with Crippen LogP contribution in [0.4, 0.5) is 11.4 Å². The lowest BCUT2D eigenvalue weighted by atomic mass is 10.0. The summed E-state index contributed by atoms with van der Waals surface area (Å²) in [5.41, 5.74) is 4.33. The zero-order valence-electron chi connectivity index (χ0n) is 16.5. The molecular weight excluding hydrogens is 414 g/mol. The summed E-state index contributed by atoms with van der Waals surface area (Å²) in [6.45, 7) is 1.39. The molecule has 0 aliphatic rings. The number of carbonyl (C=O) groups excluding carboxylic acids is 1. The Hall–Kier alpha value is -3.98. The highest BCUT2D eigenvalue weighted by atomic mass is 32.2. The van der Waals surface area contributed by atoms with Gasteiger partial charge in [-0.2, -0.15) is 5.10 Å². The van der Waals surface area contributed by atoms with Crippen LogP contribution < -0.4 is 10.0 Å². The second-order valence-corrected chi connectivity index (χ2v) is 8.47. The Kier molecular flexibility index (Phi) is 5.50. The molecule has 0 aliphatic carbocycles. The van der Waals surface area contributed by atoms with E-state index in [1.807, 2.05) is 18.2 Å². The summed E-state index contributed by atoms with van der Waals surface area (Å²) in [4.78, 5) is 15.2. The van der Waals surface area contributed by atoms with E-state index in [2.05, 4.69) is 25.2 Å². The molecule has 2 heterocycles. The van der Waals surface area contributed by atoms with Crippen LogP contribution >= 0.6 is 0 Å². The van der Waals surface area contributed by atoms with E-state index in [1.54, 1.807) is 36.8 Å². The van der Waals surface area contributed by atoms with Gasteiger partial charge in [0.2, 0.25) is 5.91 Å². The van der Waals surface area contributed by atoms with Crippen LogP contribution in [0, 0.1) is 0 Å². The van der Waals surface area contributed by atoms with Crippen LogP contribution in [-0.4, -0.2) is 29.5 Å². The van der Waals surface area contributed by atoms with Crippen LogP contribution in [0.2, 0.25) is 0 Å². The number of nitrogens with zero attached hydrogens (tertiary/aromatic N) is 2. The van der Waals surface area contributed by atoms with Gasteiger partial charge in [-0.1, -0.05) is 12.1 Å². The van der Waals surface area contributed by atoms with Crippen molar-refractivity contribution in [2.75, 3.05) is 10.0 Å². The van der Waals surface area contributed by atoms with Gasteiger partial charge < -0.3 is 5.32 Å². The average molecular weight is 433 g/mol. The SMILES string of the molecule is CC(=O)Nc1ccc(S(=O)(=O)Nc2cccc(-c3[nH]ncc3-c3ccncc3)c2)cc1. The van der Waals surface area contributed by atoms with Gasteiger partial charge in [-0.25, -0.2) is 8.42 Å². The van der Waals surface area contributed by atoms with Gasteiger partial charge in [0.25, 0.3) is 10.0 Å². The fourth-order valence-corrected chi connectivity index (χ4v) is 4.18. The summed E-state index contributed by atoms with van der Waals surface area (Å²) < 4.78 is 28.2. The van der Waals surface area contributed by atoms with Crippen LogP contribution in [0.1, 0.15) is 6.92 Å². The monoisotopic (exact) mass is 433 g/mol. The first-order valence-corrected chi connectivity index (χ1v) is 10.9. The van der Waals surface area contributed by atoms with Gasteiger partial charge in [0.1, 0.15) is 0 Å². The maximum Gasteiger partial charge on any atom is 0.261 e. The average Bonchev–Trinajstić information content (AvgIpc) is 3.24. The van der Waals surface area contributed by atoms with Crippen molar-refractivity contribution in [2.24, 2.45) is 0 Å². The Bertz CT molecular complexity index is 1320. The molecule has 8 nitrogen and oxygen atoms in total. The third-order valence-corrected chi connectivity index (χ3v) is 5.92. The van der Waals surface area contributed by atoms with Crippen molar-refractivity contribution in [3.8, 4) is 22.4 Å². The number of anilines is 2. The van der Waals surface area contributed by atoms with E-state index >= 15 is 0 Å². The van der Waals surface area contributed by atoms with Gasteiger partial charge in [-0.3, -0.25) is 19.6 Å². The highest BCUT2D eigenvalue weighted by molar-refractivity contribution is 7.92. The summed E-state index contributed by atoms with van der Waals surface area (Å²) in [5, 5.41) is 9.73. The molecule has 1 amide bonds. The molecule has 2 aromatic carbocycles. The summed E-state index contributed by atoms with van der Waals surface area (Å²) in [7, 11) is -3.80. The Morgan fingerprint density at radius 2 is 1.68 bits per heavy atom. The molecule has 0 saturated heterocycles. The molecule has 0 saturated carbocycles. The molecule has 0 spiro atoms. The predicted octanol–water partition coefficient (Wildman–Crippen LogP) is 3.90. The maximum absolute atomic E-state index is 12.8. The zero-order chi connectivity index (χ0) is 21.8. The topological polar surface area (TPSA) is 117 Å². The highest BCUT2D eigenvalue weighted by Crippen LogP contribution is 2.31. The van der Waals surface area contributed by atoms with Gasteiger partial charge >= 0.3 is 0 Å². The van der Waals surface area contributed by atoms with E-state index in [9.17, 15) is 13.2 Å². The third-order valence-electron chi connectivity index (χ3n) is 4.52. The first-order chi connectivity index (χ1) is 14.9. The second-order valence-electron chi connectivity index (χ2n) is 6.79. The Balaban J connectivity index is 1.60. The van der Waals surface area contributed by atoms with Gasteiger partial charge in [-0.15, -0.1) is 0 Å². The van der Waals surface area contributed by atoms with E-state index < -0.39 is 10.0 Å². The van der Waals surface area contributed by atoms with Crippen molar-refractivity contribution in [3.05, 3.63) is 79.3 Å². The third kappa shape index (κ3) is 4.62. The molecule has 3 N–H and O–H groups in total. The number of carbonyl (C=O) groups is 1. The van der Waals surface area contributed by atoms with Crippen molar-refractivity contribution >= 4 is 27.3 Å². The van der Waals surface area contributed by atoms with Crippen molar-refractivity contribution in [2.45, 2.75) is 11.8 Å². The number of aromatic nitrogens is 3. The molecule has 31 heavy (non-hydrogen) atoms. The van der Waals surface area contributed by atoms with Crippen molar-refractivity contribution in [1.82, 2.24) is 15.2 Å². The van der Waals surface area contributed by atoms with Crippen LogP contribution in [0.5, 0.6) is 0 Å². The maximum atomic E-state index is 12.8. The standard InChI is InChI=1S/C22H19N5O3S/c1-15(28)25-18-5-7-20(8-6-18)31(29,30)27-19-4-2-3-17(13-19)22-21(14-24-26-22)16-9-11-23-12-10-16/h2-14,27H,1H3,(H,24,26)(H,25,28). The molecule has 0 fully saturated rings. The van der Waals surface area contributed by atoms with Crippen molar-refractivity contribution < 1.29 is 13.2 Å². The number of pyridine rings is 1. The summed E-state index contributed by atoms with van der Waals surface area (Å²) >= 11 is 0. The molecule has 4 aromatic rings. The van der Waals surface area contributed by atoms with Gasteiger partial charge in [0.15, 0.2) is 0 Å².